The molecule has 0 bridgehead atoms. The van der Waals surface area contributed by atoms with Crippen molar-refractivity contribution in [2.24, 2.45) is 0 Å². The number of nitro benzene ring substituents is 1. The highest BCUT2D eigenvalue weighted by Gasteiger charge is 2.37. The van der Waals surface area contributed by atoms with E-state index in [2.05, 4.69) is 5.32 Å². The molecular weight excluding hydrogens is 465 g/mol. The topological polar surface area (TPSA) is 110 Å². The van der Waals surface area contributed by atoms with Crippen molar-refractivity contribution in [2.75, 3.05) is 4.90 Å². The third-order valence-electron chi connectivity index (χ3n) is 5.13. The number of nitrogens with zero attached hydrogens (tertiary/aromatic N) is 2. The van der Waals surface area contributed by atoms with Crippen molar-refractivity contribution in [3.05, 3.63) is 110 Å². The first kappa shape index (κ1) is 22.8. The number of barbiturate groups is 1. The first-order chi connectivity index (χ1) is 16.2. The molecule has 0 atom stereocenters. The number of rotatable bonds is 5. The minimum atomic E-state index is -1.02. The molecule has 3 aromatic carbocycles. The van der Waals surface area contributed by atoms with Crippen LogP contribution < -0.4 is 10.2 Å². The Balaban J connectivity index is 1.64. The summed E-state index contributed by atoms with van der Waals surface area (Å²) in [6.07, 6.45) is 1.50. The maximum atomic E-state index is 14.0. The standard InChI is InChI=1S/C24H15ClFN3O5/c25-20-11-14(8-9-15(20)12-16-4-1-2-7-21(16)26)10-19-22(30)27-24(32)28(23(19)31)17-5-3-6-18(13-17)29(33)34/h1-11,13H,12H2,(H,27,30,32)/b19-10+. The van der Waals surface area contributed by atoms with Gasteiger partial charge in [-0.25, -0.2) is 14.1 Å². The van der Waals surface area contributed by atoms with Crippen molar-refractivity contribution in [1.29, 1.82) is 0 Å². The van der Waals surface area contributed by atoms with E-state index in [9.17, 15) is 28.9 Å². The van der Waals surface area contributed by atoms with Gasteiger partial charge in [-0.3, -0.25) is 25.0 Å². The molecule has 0 saturated carbocycles. The average molecular weight is 480 g/mol. The van der Waals surface area contributed by atoms with E-state index >= 15 is 0 Å². The monoisotopic (exact) mass is 479 g/mol. The lowest BCUT2D eigenvalue weighted by atomic mass is 10.0. The number of nitrogens with one attached hydrogen (secondary N) is 1. The Morgan fingerprint density at radius 3 is 2.47 bits per heavy atom. The van der Waals surface area contributed by atoms with E-state index < -0.39 is 22.8 Å². The normalized spacial score (nSPS) is 14.9. The Kier molecular flexibility index (Phi) is 6.20. The molecule has 1 aliphatic heterocycles. The number of hydrogen-bond donors (Lipinski definition) is 1. The number of hydrogen-bond acceptors (Lipinski definition) is 5. The molecule has 1 fully saturated rings. The van der Waals surface area contributed by atoms with Crippen LogP contribution in [-0.2, 0) is 16.0 Å². The molecule has 3 aromatic rings. The number of amides is 4. The Labute approximate surface area is 197 Å². The van der Waals surface area contributed by atoms with E-state index in [1.54, 1.807) is 30.3 Å². The van der Waals surface area contributed by atoms with Crippen LogP contribution in [0.5, 0.6) is 0 Å². The molecule has 4 rings (SSSR count). The highest BCUT2D eigenvalue weighted by atomic mass is 35.5. The highest BCUT2D eigenvalue weighted by Crippen LogP contribution is 2.27. The van der Waals surface area contributed by atoms with Gasteiger partial charge in [0.1, 0.15) is 11.4 Å². The number of nitro groups is 1. The third-order valence-corrected chi connectivity index (χ3v) is 5.48. The molecule has 0 aliphatic carbocycles. The maximum Gasteiger partial charge on any atom is 0.335 e. The summed E-state index contributed by atoms with van der Waals surface area (Å²) in [5, 5.41) is 13.4. The van der Waals surface area contributed by atoms with Gasteiger partial charge >= 0.3 is 6.03 Å². The first-order valence-corrected chi connectivity index (χ1v) is 10.3. The fourth-order valence-corrected chi connectivity index (χ4v) is 3.70. The second-order valence-electron chi connectivity index (χ2n) is 7.35. The number of carbonyl (C=O) groups is 3. The van der Waals surface area contributed by atoms with E-state index in [0.29, 0.717) is 26.6 Å². The minimum Gasteiger partial charge on any atom is -0.273 e. The molecule has 34 heavy (non-hydrogen) atoms. The largest absolute Gasteiger partial charge is 0.335 e. The molecule has 1 saturated heterocycles. The number of urea groups is 1. The van der Waals surface area contributed by atoms with Gasteiger partial charge in [-0.05, 0) is 41.0 Å². The minimum absolute atomic E-state index is 0.0617. The summed E-state index contributed by atoms with van der Waals surface area (Å²) in [5.41, 5.74) is 0.759. The van der Waals surface area contributed by atoms with Crippen molar-refractivity contribution < 1.29 is 23.7 Å². The Hall–Kier alpha value is -4.37. The van der Waals surface area contributed by atoms with Crippen molar-refractivity contribution in [3.63, 3.8) is 0 Å². The smallest absolute Gasteiger partial charge is 0.273 e. The number of carbonyl (C=O) groups excluding carboxylic acids is 3. The summed E-state index contributed by atoms with van der Waals surface area (Å²) < 4.78 is 14.0. The molecule has 1 aliphatic rings. The summed E-state index contributed by atoms with van der Waals surface area (Å²) in [4.78, 5) is 48.7. The fourth-order valence-electron chi connectivity index (χ4n) is 3.45. The zero-order chi connectivity index (χ0) is 24.4. The Morgan fingerprint density at radius 2 is 1.76 bits per heavy atom. The molecule has 0 unspecified atom stereocenters. The number of imide groups is 2. The lowest BCUT2D eigenvalue weighted by Gasteiger charge is -2.26. The van der Waals surface area contributed by atoms with Crippen LogP contribution in [0.15, 0.2) is 72.3 Å². The van der Waals surface area contributed by atoms with Gasteiger partial charge in [0.15, 0.2) is 0 Å². The summed E-state index contributed by atoms with van der Waals surface area (Å²) in [6, 6.07) is 15.0. The average Bonchev–Trinajstić information content (AvgIpc) is 2.80. The second kappa shape index (κ2) is 9.24. The van der Waals surface area contributed by atoms with Crippen LogP contribution in [0.25, 0.3) is 6.08 Å². The van der Waals surface area contributed by atoms with Gasteiger partial charge in [0.25, 0.3) is 17.5 Å². The predicted octanol–water partition coefficient (Wildman–Crippen LogP) is 4.64. The Morgan fingerprint density at radius 1 is 1.00 bits per heavy atom. The summed E-state index contributed by atoms with van der Waals surface area (Å²) in [6.45, 7) is 0. The van der Waals surface area contributed by atoms with Crippen molar-refractivity contribution in [1.82, 2.24) is 5.32 Å². The van der Waals surface area contributed by atoms with E-state index in [-0.39, 0.29) is 29.2 Å². The van der Waals surface area contributed by atoms with E-state index in [1.165, 1.54) is 36.4 Å². The predicted molar refractivity (Wildman–Crippen MR) is 123 cm³/mol. The molecule has 10 heteroatoms. The summed E-state index contributed by atoms with van der Waals surface area (Å²) >= 11 is 6.35. The lowest BCUT2D eigenvalue weighted by molar-refractivity contribution is -0.384. The third kappa shape index (κ3) is 4.55. The van der Waals surface area contributed by atoms with Gasteiger partial charge in [-0.2, -0.15) is 0 Å². The van der Waals surface area contributed by atoms with Crippen LogP contribution in [0.4, 0.5) is 20.6 Å². The molecule has 1 N–H and O–H groups in total. The molecule has 4 amide bonds. The molecular formula is C24H15ClFN3O5. The van der Waals surface area contributed by atoms with Crippen LogP contribution in [0.1, 0.15) is 16.7 Å². The highest BCUT2D eigenvalue weighted by molar-refractivity contribution is 6.39. The molecule has 0 aromatic heterocycles. The van der Waals surface area contributed by atoms with Crippen molar-refractivity contribution in [3.8, 4) is 0 Å². The van der Waals surface area contributed by atoms with Gasteiger partial charge in [0.2, 0.25) is 0 Å². The Bertz CT molecular complexity index is 1390. The summed E-state index contributed by atoms with van der Waals surface area (Å²) in [5.74, 6) is -2.22. The number of benzene rings is 3. The quantitative estimate of drug-likeness (QED) is 0.248. The van der Waals surface area contributed by atoms with Crippen LogP contribution in [0.2, 0.25) is 5.02 Å². The molecule has 0 spiro atoms. The molecule has 1 heterocycles. The second-order valence-corrected chi connectivity index (χ2v) is 7.76. The van der Waals surface area contributed by atoms with E-state index in [0.717, 1.165) is 6.07 Å². The zero-order valence-electron chi connectivity index (χ0n) is 17.3. The van der Waals surface area contributed by atoms with E-state index in [4.69, 9.17) is 11.6 Å². The van der Waals surface area contributed by atoms with Crippen LogP contribution in [0.3, 0.4) is 0 Å². The maximum absolute atomic E-state index is 14.0. The SMILES string of the molecule is O=C1NC(=O)N(c2cccc([N+](=O)[O-])c2)C(=O)/C1=C/c1ccc(Cc2ccccc2F)c(Cl)c1. The van der Waals surface area contributed by atoms with Gasteiger partial charge in [-0.15, -0.1) is 0 Å². The van der Waals surface area contributed by atoms with Gasteiger partial charge in [-0.1, -0.05) is 48.0 Å². The van der Waals surface area contributed by atoms with Gasteiger partial charge in [0, 0.05) is 23.6 Å². The summed E-state index contributed by atoms with van der Waals surface area (Å²) in [7, 11) is 0. The van der Waals surface area contributed by atoms with Gasteiger partial charge < -0.3 is 0 Å². The fraction of sp³-hybridized carbons (Fsp3) is 0.0417. The number of anilines is 1. The van der Waals surface area contributed by atoms with Crippen LogP contribution in [0, 0.1) is 15.9 Å². The van der Waals surface area contributed by atoms with Crippen molar-refractivity contribution in [2.45, 2.75) is 6.42 Å². The molecule has 0 radical (unpaired) electrons. The number of halogens is 2. The van der Waals surface area contributed by atoms with Crippen LogP contribution >= 0.6 is 11.6 Å². The van der Waals surface area contributed by atoms with E-state index in [1.807, 2.05) is 0 Å². The van der Waals surface area contributed by atoms with Crippen LogP contribution in [-0.4, -0.2) is 22.8 Å². The first-order valence-electron chi connectivity index (χ1n) is 9.92. The molecule has 8 nitrogen and oxygen atoms in total. The lowest BCUT2D eigenvalue weighted by Crippen LogP contribution is -2.54. The zero-order valence-corrected chi connectivity index (χ0v) is 18.1. The van der Waals surface area contributed by atoms with Gasteiger partial charge in [0.05, 0.1) is 10.6 Å². The number of non-ortho nitro benzene ring substituents is 1. The molecule has 170 valence electrons. The van der Waals surface area contributed by atoms with Crippen molar-refractivity contribution >= 4 is 46.9 Å².